The molecule has 320 valence electrons. The number of benzene rings is 8. The summed E-state index contributed by atoms with van der Waals surface area (Å²) in [7, 11) is 0. The van der Waals surface area contributed by atoms with Gasteiger partial charge in [0.05, 0.1) is 0 Å². The molecule has 0 fully saturated rings. The maximum absolute atomic E-state index is 2.99. The normalized spacial score (nSPS) is 12.0. The number of fused-ring (bicyclic) bond motifs is 5. The molecule has 1 aliphatic carbocycles. The summed E-state index contributed by atoms with van der Waals surface area (Å²) in [6.07, 6.45) is 12.1. The van der Waals surface area contributed by atoms with Gasteiger partial charge in [0.15, 0.2) is 0 Å². The predicted molar refractivity (Wildman–Crippen MR) is 267 cm³/mol. The van der Waals surface area contributed by atoms with Crippen molar-refractivity contribution in [1.29, 1.82) is 0 Å². The van der Waals surface area contributed by atoms with E-state index in [1.807, 2.05) is 12.2 Å². The second kappa shape index (κ2) is 21.3. The Balaban J connectivity index is 0.000000193. The van der Waals surface area contributed by atoms with Gasteiger partial charge in [-0.1, -0.05) is 114 Å². The molecule has 0 atom stereocenters. The van der Waals surface area contributed by atoms with Crippen molar-refractivity contribution < 1.29 is 49.0 Å². The van der Waals surface area contributed by atoms with Crippen LogP contribution in [0.5, 0.6) is 0 Å². The zero-order valence-electron chi connectivity index (χ0n) is 37.9. The molecule has 0 unspecified atom stereocenters. The first-order valence-corrected chi connectivity index (χ1v) is 23.2. The van der Waals surface area contributed by atoms with Crippen molar-refractivity contribution in [2.24, 2.45) is 0 Å². The number of rotatable bonds is 6. The molecule has 0 aliphatic heterocycles. The van der Waals surface area contributed by atoms with Gasteiger partial charge < -0.3 is 24.8 Å². The summed E-state index contributed by atoms with van der Waals surface area (Å²) in [5.74, 6) is 0. The summed E-state index contributed by atoms with van der Waals surface area (Å²) in [6, 6.07) is 64.4. The molecule has 0 radical (unpaired) electrons. The Labute approximate surface area is 408 Å². The van der Waals surface area contributed by atoms with E-state index in [4.69, 9.17) is 0 Å². The Morgan fingerprint density at radius 1 is 0.500 bits per heavy atom. The fourth-order valence-corrected chi connectivity index (χ4v) is 9.75. The van der Waals surface area contributed by atoms with Gasteiger partial charge in [-0.05, 0) is 44.2 Å². The van der Waals surface area contributed by atoms with Crippen LogP contribution >= 0.6 is 0 Å². The number of halogens is 2. The molecule has 0 nitrogen and oxygen atoms in total. The summed E-state index contributed by atoms with van der Waals surface area (Å²) in [4.78, 5) is 0. The molecule has 0 saturated heterocycles. The molecule has 0 aromatic heterocycles. The fraction of sp³-hybridized carbons (Fsp3) is 0.180. The van der Waals surface area contributed by atoms with E-state index in [-0.39, 0.29) is 35.6 Å². The average molecular weight is 951 g/mol. The van der Waals surface area contributed by atoms with Gasteiger partial charge in [-0.25, -0.2) is 12.2 Å². The van der Waals surface area contributed by atoms with Gasteiger partial charge in [0.2, 0.25) is 0 Å². The van der Waals surface area contributed by atoms with Gasteiger partial charge in [-0.3, -0.25) is 6.08 Å². The SMILES string of the molecule is CC(C)(C)c1cc2c(cc1-c1ccccc1)[cH-]c1cc(-c3ccccc3)c(C(C)(C)C)cc12.[C-]1=CC=CC1.[Cl-].[Cl-].[Zr+2]=[C](Cc1cccc2ccccc12)Cc1cccc2ccccc12. The van der Waals surface area contributed by atoms with Crippen molar-refractivity contribution >= 4 is 46.3 Å². The van der Waals surface area contributed by atoms with Gasteiger partial charge in [-0.2, -0.15) is 6.08 Å². The van der Waals surface area contributed by atoms with Gasteiger partial charge in [0, 0.05) is 0 Å². The van der Waals surface area contributed by atoms with E-state index in [0.717, 1.165) is 19.3 Å². The first-order valence-electron chi connectivity index (χ1n) is 22.0. The standard InChI is InChI=1S/C33H33.C23H18.C5H5.2ClH.Zr/c1-32(2,3)30-20-26-24(18-28(30)22-13-9-7-10-14-22)17-25-19-29(23-15-11-8-12-16-23)31(21-27(25)26)33(4,5)6;1-3-16-22-18(8-1)10-5-12-20(22)14-7-15-21-13-6-11-19-9-2-4-17-23(19)21;1-2-4-5-3-1;;;/h7-21H,1-6H3;1-6,8-13,16-17H,14-15H2;1-3H,4H2;2*1H;/q-1;;-1;;;+2/p-2. The molecular weight excluding hydrogens is 895 g/mol. The molecular formula is C61H56Cl2Zr-2. The molecule has 9 aromatic carbocycles. The molecule has 10 rings (SSSR count). The minimum atomic E-state index is 0. The first kappa shape index (κ1) is 48.4. The van der Waals surface area contributed by atoms with E-state index >= 15 is 0 Å². The Morgan fingerprint density at radius 3 is 1.28 bits per heavy atom. The molecule has 0 amide bonds. The first-order chi connectivity index (χ1) is 29.9. The number of hydrogen-bond acceptors (Lipinski definition) is 0. The average Bonchev–Trinajstić information content (AvgIpc) is 3.98. The Kier molecular flexibility index (Phi) is 16.1. The summed E-state index contributed by atoms with van der Waals surface area (Å²) < 4.78 is 1.59. The van der Waals surface area contributed by atoms with Crippen LogP contribution in [0, 0.1) is 6.08 Å². The van der Waals surface area contributed by atoms with E-state index in [1.165, 1.54) is 112 Å². The van der Waals surface area contributed by atoms with E-state index in [2.05, 4.69) is 230 Å². The molecule has 9 aromatic rings. The molecule has 0 bridgehead atoms. The van der Waals surface area contributed by atoms with Crippen LogP contribution in [0.4, 0.5) is 0 Å². The maximum atomic E-state index is 2.99. The summed E-state index contributed by atoms with van der Waals surface area (Å²) in [5.41, 5.74) is 11.1. The van der Waals surface area contributed by atoms with E-state index < -0.39 is 0 Å². The van der Waals surface area contributed by atoms with Gasteiger partial charge in [0.1, 0.15) is 0 Å². The third kappa shape index (κ3) is 11.2. The molecule has 3 heteroatoms. The van der Waals surface area contributed by atoms with Crippen molar-refractivity contribution in [3.05, 3.63) is 222 Å². The van der Waals surface area contributed by atoms with Crippen LogP contribution in [-0.2, 0) is 47.9 Å². The zero-order valence-corrected chi connectivity index (χ0v) is 41.8. The third-order valence-electron chi connectivity index (χ3n) is 11.9. The van der Waals surface area contributed by atoms with Crippen molar-refractivity contribution in [2.45, 2.75) is 71.6 Å². The number of allylic oxidation sites excluding steroid dienone is 4. The van der Waals surface area contributed by atoms with Crippen molar-refractivity contribution in [3.8, 4) is 22.3 Å². The van der Waals surface area contributed by atoms with Gasteiger partial charge >= 0.3 is 158 Å². The van der Waals surface area contributed by atoms with Crippen LogP contribution in [0.2, 0.25) is 0 Å². The second-order valence-corrected chi connectivity index (χ2v) is 20.3. The van der Waals surface area contributed by atoms with E-state index in [9.17, 15) is 0 Å². The summed E-state index contributed by atoms with van der Waals surface area (Å²) in [5, 5.41) is 10.8. The van der Waals surface area contributed by atoms with Crippen LogP contribution in [0.15, 0.2) is 194 Å². The third-order valence-corrected chi connectivity index (χ3v) is 12.8. The van der Waals surface area contributed by atoms with Crippen LogP contribution < -0.4 is 24.8 Å². The topological polar surface area (TPSA) is 0 Å². The molecule has 64 heavy (non-hydrogen) atoms. The predicted octanol–water partition coefficient (Wildman–Crippen LogP) is 10.5. The molecule has 0 heterocycles. The number of hydrogen-bond donors (Lipinski definition) is 0. The van der Waals surface area contributed by atoms with Crippen molar-refractivity contribution in [2.75, 3.05) is 0 Å². The monoisotopic (exact) mass is 948 g/mol. The molecule has 0 N–H and O–H groups in total. The van der Waals surface area contributed by atoms with Crippen molar-refractivity contribution in [1.82, 2.24) is 0 Å². The van der Waals surface area contributed by atoms with Crippen LogP contribution in [-0.4, -0.2) is 3.21 Å². The van der Waals surface area contributed by atoms with Gasteiger partial charge in [-0.15, -0.1) is 46.2 Å². The summed E-state index contributed by atoms with van der Waals surface area (Å²) in [6.45, 7) is 13.9. The molecule has 0 saturated carbocycles. The van der Waals surface area contributed by atoms with Crippen LogP contribution in [0.3, 0.4) is 0 Å². The summed E-state index contributed by atoms with van der Waals surface area (Å²) >= 11 is 1.53. The van der Waals surface area contributed by atoms with E-state index in [1.54, 1.807) is 3.21 Å². The van der Waals surface area contributed by atoms with E-state index in [0.29, 0.717) is 0 Å². The Morgan fingerprint density at radius 2 is 0.906 bits per heavy atom. The van der Waals surface area contributed by atoms with Crippen LogP contribution in [0.25, 0.3) is 65.3 Å². The Bertz CT molecular complexity index is 2850. The molecule has 1 aliphatic rings. The molecule has 0 spiro atoms. The quantitative estimate of drug-likeness (QED) is 0.146. The van der Waals surface area contributed by atoms with Crippen LogP contribution in [0.1, 0.15) is 70.2 Å². The minimum absolute atomic E-state index is 0. The second-order valence-electron chi connectivity index (χ2n) is 18.6. The van der Waals surface area contributed by atoms with Crippen molar-refractivity contribution in [3.63, 3.8) is 0 Å². The Hall–Kier alpha value is -5.04. The fourth-order valence-electron chi connectivity index (χ4n) is 8.82. The zero-order chi connectivity index (χ0) is 43.3. The van der Waals surface area contributed by atoms with Gasteiger partial charge in [0.25, 0.3) is 0 Å².